The number of aliphatic hydroxyl groups is 1. The summed E-state index contributed by atoms with van der Waals surface area (Å²) in [5.41, 5.74) is 2.25. The van der Waals surface area contributed by atoms with E-state index in [4.69, 9.17) is 5.11 Å². The lowest BCUT2D eigenvalue weighted by Gasteiger charge is -2.11. The van der Waals surface area contributed by atoms with Crippen LogP contribution in [-0.4, -0.2) is 11.1 Å². The normalized spacial score (nSPS) is 16.1. The van der Waals surface area contributed by atoms with E-state index >= 15 is 0 Å². The summed E-state index contributed by atoms with van der Waals surface area (Å²) in [5.74, 6) is 0. The fraction of sp³-hybridized carbons (Fsp3) is 0.385. The van der Waals surface area contributed by atoms with Gasteiger partial charge >= 0.3 is 0 Å². The van der Waals surface area contributed by atoms with Gasteiger partial charge in [-0.1, -0.05) is 36.4 Å². The zero-order valence-electron chi connectivity index (χ0n) is 8.82. The SMILES string of the molecule is OCc1ccc(CNC2CC=CC2)cc1. The first-order valence-electron chi connectivity index (χ1n) is 5.45. The number of aliphatic hydroxyl groups excluding tert-OH is 1. The minimum atomic E-state index is 0.125. The quantitative estimate of drug-likeness (QED) is 0.733. The Kier molecular flexibility index (Phi) is 3.54. The smallest absolute Gasteiger partial charge is 0.0681 e. The molecule has 0 fully saturated rings. The summed E-state index contributed by atoms with van der Waals surface area (Å²) in [7, 11) is 0. The largest absolute Gasteiger partial charge is 0.392 e. The van der Waals surface area contributed by atoms with E-state index in [1.54, 1.807) is 0 Å². The van der Waals surface area contributed by atoms with Crippen LogP contribution in [0.2, 0.25) is 0 Å². The number of hydrogen-bond donors (Lipinski definition) is 2. The molecule has 0 saturated carbocycles. The molecule has 80 valence electrons. The fourth-order valence-electron chi connectivity index (χ4n) is 1.81. The first-order chi connectivity index (χ1) is 7.38. The Labute approximate surface area is 90.6 Å². The Morgan fingerprint density at radius 1 is 1.07 bits per heavy atom. The molecule has 1 aromatic rings. The highest BCUT2D eigenvalue weighted by Crippen LogP contribution is 2.10. The summed E-state index contributed by atoms with van der Waals surface area (Å²) in [6.07, 6.45) is 6.75. The van der Waals surface area contributed by atoms with Gasteiger partial charge in [0.1, 0.15) is 0 Å². The van der Waals surface area contributed by atoms with E-state index < -0.39 is 0 Å². The van der Waals surface area contributed by atoms with Crippen LogP contribution in [0.5, 0.6) is 0 Å². The molecule has 0 atom stereocenters. The molecule has 0 amide bonds. The zero-order valence-corrected chi connectivity index (χ0v) is 8.82. The average molecular weight is 203 g/mol. The highest BCUT2D eigenvalue weighted by atomic mass is 16.3. The lowest BCUT2D eigenvalue weighted by Crippen LogP contribution is -2.25. The van der Waals surface area contributed by atoms with Crippen molar-refractivity contribution < 1.29 is 5.11 Å². The molecule has 0 heterocycles. The highest BCUT2D eigenvalue weighted by Gasteiger charge is 2.08. The maximum atomic E-state index is 8.91. The molecule has 2 rings (SSSR count). The Morgan fingerprint density at radius 3 is 2.27 bits per heavy atom. The topological polar surface area (TPSA) is 32.3 Å². The molecule has 0 unspecified atom stereocenters. The van der Waals surface area contributed by atoms with E-state index in [1.165, 1.54) is 5.56 Å². The molecule has 0 bridgehead atoms. The monoisotopic (exact) mass is 203 g/mol. The van der Waals surface area contributed by atoms with E-state index in [2.05, 4.69) is 29.6 Å². The van der Waals surface area contributed by atoms with Crippen LogP contribution in [0.4, 0.5) is 0 Å². The second-order valence-electron chi connectivity index (χ2n) is 4.00. The summed E-state index contributed by atoms with van der Waals surface area (Å²) in [5, 5.41) is 12.4. The average Bonchev–Trinajstić information content (AvgIpc) is 2.80. The van der Waals surface area contributed by atoms with Crippen LogP contribution in [0.15, 0.2) is 36.4 Å². The Bertz CT molecular complexity index is 321. The van der Waals surface area contributed by atoms with Gasteiger partial charge in [-0.2, -0.15) is 0 Å². The summed E-state index contributed by atoms with van der Waals surface area (Å²) in [6, 6.07) is 8.71. The summed E-state index contributed by atoms with van der Waals surface area (Å²) >= 11 is 0. The Hall–Kier alpha value is -1.12. The van der Waals surface area contributed by atoms with Crippen molar-refractivity contribution in [1.29, 1.82) is 0 Å². The first kappa shape index (κ1) is 10.4. The molecule has 15 heavy (non-hydrogen) atoms. The van der Waals surface area contributed by atoms with Crippen molar-refractivity contribution in [3.05, 3.63) is 47.5 Å². The lowest BCUT2D eigenvalue weighted by molar-refractivity contribution is 0.282. The fourth-order valence-corrected chi connectivity index (χ4v) is 1.81. The predicted octanol–water partition coefficient (Wildman–Crippen LogP) is 1.99. The van der Waals surface area contributed by atoms with Crippen molar-refractivity contribution in [2.75, 3.05) is 0 Å². The molecular formula is C13H17NO. The molecule has 1 aliphatic carbocycles. The van der Waals surface area contributed by atoms with Crippen LogP contribution in [0.25, 0.3) is 0 Å². The van der Waals surface area contributed by atoms with Gasteiger partial charge in [0.2, 0.25) is 0 Å². The lowest BCUT2D eigenvalue weighted by atomic mass is 10.1. The van der Waals surface area contributed by atoms with Crippen molar-refractivity contribution in [3.8, 4) is 0 Å². The van der Waals surface area contributed by atoms with Gasteiger partial charge in [-0.15, -0.1) is 0 Å². The Morgan fingerprint density at radius 2 is 1.67 bits per heavy atom. The van der Waals surface area contributed by atoms with Gasteiger partial charge in [0.15, 0.2) is 0 Å². The minimum Gasteiger partial charge on any atom is -0.392 e. The van der Waals surface area contributed by atoms with Crippen molar-refractivity contribution >= 4 is 0 Å². The second-order valence-corrected chi connectivity index (χ2v) is 4.00. The van der Waals surface area contributed by atoms with Crippen molar-refractivity contribution in [3.63, 3.8) is 0 Å². The van der Waals surface area contributed by atoms with Gasteiger partial charge < -0.3 is 10.4 Å². The van der Waals surface area contributed by atoms with Gasteiger partial charge in [-0.25, -0.2) is 0 Å². The van der Waals surface area contributed by atoms with E-state index in [0.717, 1.165) is 24.9 Å². The van der Waals surface area contributed by atoms with Crippen LogP contribution in [0, 0.1) is 0 Å². The molecule has 2 nitrogen and oxygen atoms in total. The molecular weight excluding hydrogens is 186 g/mol. The summed E-state index contributed by atoms with van der Waals surface area (Å²) < 4.78 is 0. The van der Waals surface area contributed by atoms with Crippen LogP contribution in [-0.2, 0) is 13.2 Å². The molecule has 0 radical (unpaired) electrons. The highest BCUT2D eigenvalue weighted by molar-refractivity contribution is 5.22. The van der Waals surface area contributed by atoms with Gasteiger partial charge in [0.05, 0.1) is 6.61 Å². The van der Waals surface area contributed by atoms with E-state index in [9.17, 15) is 0 Å². The molecule has 1 aromatic carbocycles. The third-order valence-corrected chi connectivity index (χ3v) is 2.81. The van der Waals surface area contributed by atoms with Crippen LogP contribution in [0.3, 0.4) is 0 Å². The minimum absolute atomic E-state index is 0.125. The number of nitrogens with one attached hydrogen (secondary N) is 1. The van der Waals surface area contributed by atoms with Crippen molar-refractivity contribution in [1.82, 2.24) is 5.32 Å². The molecule has 2 heteroatoms. The van der Waals surface area contributed by atoms with Gasteiger partial charge in [0.25, 0.3) is 0 Å². The molecule has 0 aromatic heterocycles. The third kappa shape index (κ3) is 2.91. The molecule has 0 aliphatic heterocycles. The number of hydrogen-bond acceptors (Lipinski definition) is 2. The first-order valence-corrected chi connectivity index (χ1v) is 5.45. The van der Waals surface area contributed by atoms with Crippen LogP contribution in [0.1, 0.15) is 24.0 Å². The van der Waals surface area contributed by atoms with Gasteiger partial charge in [-0.05, 0) is 24.0 Å². The maximum absolute atomic E-state index is 8.91. The Balaban J connectivity index is 1.82. The summed E-state index contributed by atoms with van der Waals surface area (Å²) in [6.45, 7) is 1.04. The number of benzene rings is 1. The zero-order chi connectivity index (χ0) is 10.5. The predicted molar refractivity (Wildman–Crippen MR) is 61.4 cm³/mol. The molecule has 2 N–H and O–H groups in total. The van der Waals surface area contributed by atoms with E-state index in [0.29, 0.717) is 6.04 Å². The van der Waals surface area contributed by atoms with Gasteiger partial charge in [0, 0.05) is 12.6 Å². The number of rotatable bonds is 4. The van der Waals surface area contributed by atoms with E-state index in [1.807, 2.05) is 12.1 Å². The molecule has 0 saturated heterocycles. The van der Waals surface area contributed by atoms with Crippen molar-refractivity contribution in [2.45, 2.75) is 32.0 Å². The van der Waals surface area contributed by atoms with E-state index in [-0.39, 0.29) is 6.61 Å². The third-order valence-electron chi connectivity index (χ3n) is 2.81. The standard InChI is InChI=1S/C13H17NO/c15-10-12-7-5-11(6-8-12)9-14-13-3-1-2-4-13/h1-2,5-8,13-15H,3-4,9-10H2. The molecule has 1 aliphatic rings. The molecule has 0 spiro atoms. The van der Waals surface area contributed by atoms with Crippen molar-refractivity contribution in [2.24, 2.45) is 0 Å². The van der Waals surface area contributed by atoms with Crippen LogP contribution < -0.4 is 5.32 Å². The summed E-state index contributed by atoms with van der Waals surface area (Å²) in [4.78, 5) is 0. The van der Waals surface area contributed by atoms with Crippen LogP contribution >= 0.6 is 0 Å². The maximum Gasteiger partial charge on any atom is 0.0681 e. The van der Waals surface area contributed by atoms with Gasteiger partial charge in [-0.3, -0.25) is 0 Å². The second kappa shape index (κ2) is 5.10.